The van der Waals surface area contributed by atoms with Gasteiger partial charge in [-0.25, -0.2) is 4.68 Å². The minimum atomic E-state index is -0.574. The highest BCUT2D eigenvalue weighted by molar-refractivity contribution is 9.10. The number of carbonyl (C=O) groups is 1. The first kappa shape index (κ1) is 20.9. The van der Waals surface area contributed by atoms with E-state index in [4.69, 9.17) is 4.74 Å². The molecule has 160 valence electrons. The van der Waals surface area contributed by atoms with Crippen molar-refractivity contribution in [1.29, 1.82) is 0 Å². The number of benzene rings is 2. The lowest BCUT2D eigenvalue weighted by Gasteiger charge is -2.29. The van der Waals surface area contributed by atoms with Crippen LogP contribution in [-0.2, 0) is 4.79 Å². The van der Waals surface area contributed by atoms with Gasteiger partial charge in [0.1, 0.15) is 12.4 Å². The lowest BCUT2D eigenvalue weighted by molar-refractivity contribution is -0.113. The van der Waals surface area contributed by atoms with E-state index in [-0.39, 0.29) is 17.4 Å². The summed E-state index contributed by atoms with van der Waals surface area (Å²) >= 11 is 3.37. The third-order valence-corrected chi connectivity index (χ3v) is 6.08. The summed E-state index contributed by atoms with van der Waals surface area (Å²) in [4.78, 5) is 17.8. The van der Waals surface area contributed by atoms with Crippen LogP contribution < -0.4 is 15.4 Å². The van der Waals surface area contributed by atoms with Gasteiger partial charge in [0.25, 0.3) is 5.91 Å². The number of methoxy groups -OCH3 is 1. The topological polar surface area (TPSA) is 101 Å². The Labute approximate surface area is 188 Å². The molecule has 2 heterocycles. The molecule has 1 aliphatic rings. The first-order valence-electron chi connectivity index (χ1n) is 9.63. The van der Waals surface area contributed by atoms with Crippen molar-refractivity contribution in [3.05, 3.63) is 69.1 Å². The molecule has 31 heavy (non-hydrogen) atoms. The van der Waals surface area contributed by atoms with Gasteiger partial charge in [-0.05, 0) is 71.6 Å². The Morgan fingerprint density at radius 1 is 1.29 bits per heavy atom. The molecule has 1 amide bonds. The van der Waals surface area contributed by atoms with E-state index in [1.165, 1.54) is 13.4 Å². The van der Waals surface area contributed by atoms with Crippen LogP contribution in [0.5, 0.6) is 11.5 Å². The number of aromatic hydroxyl groups is 1. The van der Waals surface area contributed by atoms with Gasteiger partial charge in [-0.1, -0.05) is 12.1 Å². The number of phenols is 1. The molecular formula is C22H22BrN5O3. The van der Waals surface area contributed by atoms with Crippen molar-refractivity contribution < 1.29 is 14.6 Å². The molecule has 1 aromatic heterocycles. The highest BCUT2D eigenvalue weighted by Gasteiger charge is 2.34. The third kappa shape index (κ3) is 3.65. The van der Waals surface area contributed by atoms with Crippen LogP contribution in [0.1, 0.15) is 29.7 Å². The largest absolute Gasteiger partial charge is 0.503 e. The van der Waals surface area contributed by atoms with Gasteiger partial charge in [-0.2, -0.15) is 10.1 Å². The number of allylic oxidation sites excluding steroid dienone is 1. The van der Waals surface area contributed by atoms with Gasteiger partial charge in [0.15, 0.2) is 11.5 Å². The predicted octanol–water partition coefficient (Wildman–Crippen LogP) is 4.30. The normalized spacial score (nSPS) is 15.3. The number of hydrogen-bond donors (Lipinski definition) is 3. The zero-order valence-corrected chi connectivity index (χ0v) is 19.1. The highest BCUT2D eigenvalue weighted by atomic mass is 79.9. The second-order valence-electron chi connectivity index (χ2n) is 7.35. The van der Waals surface area contributed by atoms with E-state index < -0.39 is 6.04 Å². The van der Waals surface area contributed by atoms with Crippen molar-refractivity contribution in [2.24, 2.45) is 0 Å². The van der Waals surface area contributed by atoms with Gasteiger partial charge < -0.3 is 20.5 Å². The van der Waals surface area contributed by atoms with E-state index in [1.54, 1.807) is 16.8 Å². The van der Waals surface area contributed by atoms with Crippen molar-refractivity contribution in [3.63, 3.8) is 0 Å². The Morgan fingerprint density at radius 3 is 2.81 bits per heavy atom. The number of carbonyl (C=O) groups excluding carboxylic acids is 1. The van der Waals surface area contributed by atoms with Crippen LogP contribution in [0.15, 0.2) is 52.4 Å². The maximum Gasteiger partial charge on any atom is 0.255 e. The number of nitrogens with zero attached hydrogens (tertiary/aromatic N) is 3. The van der Waals surface area contributed by atoms with E-state index in [9.17, 15) is 9.90 Å². The maximum absolute atomic E-state index is 13.5. The minimum absolute atomic E-state index is 0.0129. The number of aryl methyl sites for hydroxylation is 1. The average Bonchev–Trinajstić information content (AvgIpc) is 3.20. The molecular weight excluding hydrogens is 462 g/mol. The van der Waals surface area contributed by atoms with E-state index >= 15 is 0 Å². The van der Waals surface area contributed by atoms with Crippen LogP contribution in [0.25, 0.3) is 0 Å². The van der Waals surface area contributed by atoms with E-state index in [0.29, 0.717) is 27.3 Å². The smallest absolute Gasteiger partial charge is 0.255 e. The first-order chi connectivity index (χ1) is 14.8. The molecule has 0 saturated heterocycles. The van der Waals surface area contributed by atoms with Crippen molar-refractivity contribution >= 4 is 33.5 Å². The SMILES string of the molecule is COc1cc(C2C(C(=O)Nc3cccc(C)c3C)=C(C)Nc3ncnn32)cc(Br)c1O. The third-order valence-electron chi connectivity index (χ3n) is 5.48. The van der Waals surface area contributed by atoms with Gasteiger partial charge >= 0.3 is 0 Å². The lowest BCUT2D eigenvalue weighted by atomic mass is 9.94. The molecule has 3 aromatic rings. The van der Waals surface area contributed by atoms with E-state index in [1.807, 2.05) is 39.0 Å². The standard InChI is InChI=1S/C22H22BrN5O3/c1-11-6-5-7-16(12(11)2)27-21(30)18-13(3)26-22-24-10-25-28(22)19(18)14-8-15(23)20(29)17(9-14)31-4/h5-10,19,29H,1-4H3,(H,27,30)(H,24,25,26). The number of hydrogen-bond acceptors (Lipinski definition) is 6. The average molecular weight is 484 g/mol. The Morgan fingerprint density at radius 2 is 2.06 bits per heavy atom. The van der Waals surface area contributed by atoms with Crippen molar-refractivity contribution in [2.75, 3.05) is 17.7 Å². The maximum atomic E-state index is 13.5. The second-order valence-corrected chi connectivity index (χ2v) is 8.20. The quantitative estimate of drug-likeness (QED) is 0.511. The Kier molecular flexibility index (Phi) is 5.45. The van der Waals surface area contributed by atoms with Gasteiger partial charge in [-0.3, -0.25) is 4.79 Å². The highest BCUT2D eigenvalue weighted by Crippen LogP contribution is 2.42. The Hall–Kier alpha value is -3.33. The molecule has 0 saturated carbocycles. The molecule has 0 radical (unpaired) electrons. The summed E-state index contributed by atoms with van der Waals surface area (Å²) in [6.07, 6.45) is 1.43. The van der Waals surface area contributed by atoms with Crippen molar-refractivity contribution in [2.45, 2.75) is 26.8 Å². The summed E-state index contributed by atoms with van der Waals surface area (Å²) < 4.78 is 7.41. The van der Waals surface area contributed by atoms with Crippen LogP contribution in [0, 0.1) is 13.8 Å². The lowest BCUT2D eigenvalue weighted by Crippen LogP contribution is -2.31. The summed E-state index contributed by atoms with van der Waals surface area (Å²) in [5.74, 6) is 0.541. The second kappa shape index (κ2) is 8.07. The number of phenolic OH excluding ortho intramolecular Hbond substituents is 1. The predicted molar refractivity (Wildman–Crippen MR) is 121 cm³/mol. The summed E-state index contributed by atoms with van der Waals surface area (Å²) in [6.45, 7) is 5.80. The number of nitrogens with one attached hydrogen (secondary N) is 2. The number of aromatic nitrogens is 3. The summed E-state index contributed by atoms with van der Waals surface area (Å²) in [5.41, 5.74) is 4.70. The molecule has 0 spiro atoms. The van der Waals surface area contributed by atoms with Crippen molar-refractivity contribution in [1.82, 2.24) is 14.8 Å². The van der Waals surface area contributed by atoms with Gasteiger partial charge in [0.2, 0.25) is 5.95 Å². The molecule has 0 fully saturated rings. The number of fused-ring (bicyclic) bond motifs is 1. The number of anilines is 2. The Bertz CT molecular complexity index is 1220. The van der Waals surface area contributed by atoms with Crippen LogP contribution in [0.4, 0.5) is 11.6 Å². The van der Waals surface area contributed by atoms with Gasteiger partial charge in [0, 0.05) is 11.4 Å². The fourth-order valence-corrected chi connectivity index (χ4v) is 4.14. The molecule has 1 aliphatic heterocycles. The Balaban J connectivity index is 1.83. The summed E-state index contributed by atoms with van der Waals surface area (Å²) in [7, 11) is 1.48. The van der Waals surface area contributed by atoms with Crippen LogP contribution >= 0.6 is 15.9 Å². The number of rotatable bonds is 4. The minimum Gasteiger partial charge on any atom is -0.503 e. The molecule has 3 N–H and O–H groups in total. The van der Waals surface area contributed by atoms with Crippen LogP contribution in [0.3, 0.4) is 0 Å². The van der Waals surface area contributed by atoms with E-state index in [0.717, 1.165) is 16.8 Å². The molecule has 1 atom stereocenters. The molecule has 8 nitrogen and oxygen atoms in total. The van der Waals surface area contributed by atoms with Crippen LogP contribution in [-0.4, -0.2) is 32.9 Å². The molecule has 9 heteroatoms. The van der Waals surface area contributed by atoms with Gasteiger partial charge in [0.05, 0.1) is 17.2 Å². The van der Waals surface area contributed by atoms with Gasteiger partial charge in [-0.15, -0.1) is 0 Å². The molecule has 0 bridgehead atoms. The molecule has 2 aromatic carbocycles. The van der Waals surface area contributed by atoms with Crippen molar-refractivity contribution in [3.8, 4) is 11.5 Å². The molecule has 4 rings (SSSR count). The monoisotopic (exact) mass is 483 g/mol. The number of halogens is 1. The molecule has 1 unspecified atom stereocenters. The van der Waals surface area contributed by atoms with E-state index in [2.05, 4.69) is 36.6 Å². The fraction of sp³-hybridized carbons (Fsp3) is 0.227. The fourth-order valence-electron chi connectivity index (χ4n) is 3.68. The summed E-state index contributed by atoms with van der Waals surface area (Å²) in [5, 5.41) is 20.8. The van der Waals surface area contributed by atoms with Crippen LogP contribution in [0.2, 0.25) is 0 Å². The zero-order valence-electron chi connectivity index (χ0n) is 17.5. The zero-order chi connectivity index (χ0) is 22.3. The number of ether oxygens (including phenoxy) is 1. The summed E-state index contributed by atoms with van der Waals surface area (Å²) in [6, 6.07) is 8.66. The number of amides is 1. The first-order valence-corrected chi connectivity index (χ1v) is 10.4. The molecule has 0 aliphatic carbocycles.